The molecular weight excluding hydrogens is 476 g/mol. The fourth-order valence-corrected chi connectivity index (χ4v) is 3.69. The lowest BCUT2D eigenvalue weighted by Gasteiger charge is -2.14. The van der Waals surface area contributed by atoms with Crippen molar-refractivity contribution in [3.63, 3.8) is 0 Å². The summed E-state index contributed by atoms with van der Waals surface area (Å²) >= 11 is 18.4. The molecule has 0 radical (unpaired) electrons. The third-order valence-electron chi connectivity index (χ3n) is 4.56. The second-order valence-electron chi connectivity index (χ2n) is 6.76. The van der Waals surface area contributed by atoms with Crippen molar-refractivity contribution in [3.8, 4) is 11.5 Å². The number of rotatable bonds is 10. The Bertz CT molecular complexity index is 982. The van der Waals surface area contributed by atoms with E-state index in [9.17, 15) is 0 Å². The molecule has 0 spiro atoms. The Balaban J connectivity index is 0.00000341. The Labute approximate surface area is 205 Å². The molecule has 3 rings (SSSR count). The lowest BCUT2D eigenvalue weighted by atomic mass is 10.1. The molecule has 0 saturated carbocycles. The van der Waals surface area contributed by atoms with Gasteiger partial charge in [-0.3, -0.25) is 0 Å². The number of halogens is 4. The molecule has 166 valence electrons. The van der Waals surface area contributed by atoms with Crippen molar-refractivity contribution in [1.29, 1.82) is 0 Å². The maximum absolute atomic E-state index is 6.23. The van der Waals surface area contributed by atoms with Crippen molar-refractivity contribution >= 4 is 47.2 Å². The van der Waals surface area contributed by atoms with Crippen LogP contribution in [0.5, 0.6) is 11.5 Å². The van der Waals surface area contributed by atoms with Gasteiger partial charge in [0.15, 0.2) is 11.5 Å². The summed E-state index contributed by atoms with van der Waals surface area (Å²) in [5.41, 5.74) is 3.13. The third-order valence-corrected chi connectivity index (χ3v) is 5.52. The van der Waals surface area contributed by atoms with E-state index in [1.54, 1.807) is 6.07 Å². The second-order valence-corrected chi connectivity index (χ2v) is 8.01. The summed E-state index contributed by atoms with van der Waals surface area (Å²) in [4.78, 5) is 0. The molecular formula is C24H25Cl4NO2. The van der Waals surface area contributed by atoms with Gasteiger partial charge in [-0.25, -0.2) is 0 Å². The van der Waals surface area contributed by atoms with Gasteiger partial charge in [0, 0.05) is 27.2 Å². The quantitative estimate of drug-likeness (QED) is 0.294. The van der Waals surface area contributed by atoms with Crippen molar-refractivity contribution in [2.24, 2.45) is 0 Å². The zero-order valence-corrected chi connectivity index (χ0v) is 20.3. The highest BCUT2D eigenvalue weighted by atomic mass is 35.5. The van der Waals surface area contributed by atoms with Crippen LogP contribution in [0.3, 0.4) is 0 Å². The fraction of sp³-hybridized carbons (Fsp3) is 0.250. The Hall–Kier alpha value is -1.62. The Morgan fingerprint density at radius 3 is 2.35 bits per heavy atom. The molecule has 0 fully saturated rings. The molecule has 0 aliphatic heterocycles. The van der Waals surface area contributed by atoms with Gasteiger partial charge in [-0.15, -0.1) is 12.4 Å². The van der Waals surface area contributed by atoms with Gasteiger partial charge >= 0.3 is 0 Å². The summed E-state index contributed by atoms with van der Waals surface area (Å²) < 4.78 is 11.7. The molecule has 3 nitrogen and oxygen atoms in total. The molecule has 0 unspecified atom stereocenters. The van der Waals surface area contributed by atoms with E-state index < -0.39 is 0 Å². The van der Waals surface area contributed by atoms with E-state index in [0.29, 0.717) is 34.0 Å². The average molecular weight is 501 g/mol. The molecule has 1 N–H and O–H groups in total. The van der Waals surface area contributed by atoms with Gasteiger partial charge < -0.3 is 14.8 Å². The molecule has 3 aromatic rings. The number of nitrogens with one attached hydrogen (secondary N) is 1. The summed E-state index contributed by atoms with van der Waals surface area (Å²) in [5, 5.41) is 5.48. The molecule has 7 heteroatoms. The molecule has 0 aromatic heterocycles. The lowest BCUT2D eigenvalue weighted by Crippen LogP contribution is -2.17. The Morgan fingerprint density at radius 2 is 1.61 bits per heavy atom. The lowest BCUT2D eigenvalue weighted by molar-refractivity contribution is 0.269. The number of hydrogen-bond donors (Lipinski definition) is 1. The monoisotopic (exact) mass is 499 g/mol. The molecule has 0 atom stereocenters. The number of ether oxygens (including phenoxy) is 2. The van der Waals surface area contributed by atoms with Crippen LogP contribution in [0.4, 0.5) is 0 Å². The summed E-state index contributed by atoms with van der Waals surface area (Å²) in [6.07, 6.45) is 0.827. The predicted molar refractivity (Wildman–Crippen MR) is 133 cm³/mol. The predicted octanol–water partition coefficient (Wildman–Crippen LogP) is 7.38. The first-order valence-corrected chi connectivity index (χ1v) is 11.0. The minimum Gasteiger partial charge on any atom is -0.490 e. The SMILES string of the molecule is CCOc1cc(CNCCc2ccc(Cl)cc2Cl)ccc1OCc1ccccc1Cl.Cl. The van der Waals surface area contributed by atoms with Gasteiger partial charge in [-0.05, 0) is 61.3 Å². The van der Waals surface area contributed by atoms with Gasteiger partial charge in [0.25, 0.3) is 0 Å². The van der Waals surface area contributed by atoms with Crippen LogP contribution in [-0.4, -0.2) is 13.2 Å². The van der Waals surface area contributed by atoms with E-state index in [-0.39, 0.29) is 12.4 Å². The Morgan fingerprint density at radius 1 is 0.806 bits per heavy atom. The second kappa shape index (κ2) is 13.0. The van der Waals surface area contributed by atoms with Crippen LogP contribution in [0.1, 0.15) is 23.6 Å². The van der Waals surface area contributed by atoms with Crippen LogP contribution in [0.15, 0.2) is 60.7 Å². The van der Waals surface area contributed by atoms with Crippen molar-refractivity contribution in [1.82, 2.24) is 5.32 Å². The van der Waals surface area contributed by atoms with E-state index in [1.165, 1.54) is 0 Å². The van der Waals surface area contributed by atoms with E-state index in [1.807, 2.05) is 61.5 Å². The summed E-state index contributed by atoms with van der Waals surface area (Å²) in [5.74, 6) is 1.43. The number of benzene rings is 3. The maximum Gasteiger partial charge on any atom is 0.161 e. The summed E-state index contributed by atoms with van der Waals surface area (Å²) in [6.45, 7) is 4.43. The smallest absolute Gasteiger partial charge is 0.161 e. The summed E-state index contributed by atoms with van der Waals surface area (Å²) in [7, 11) is 0. The molecule has 0 heterocycles. The molecule has 0 saturated heterocycles. The fourth-order valence-electron chi connectivity index (χ4n) is 3.00. The third kappa shape index (κ3) is 7.78. The topological polar surface area (TPSA) is 30.5 Å². The Kier molecular flexibility index (Phi) is 10.8. The molecule has 0 aliphatic carbocycles. The molecule has 31 heavy (non-hydrogen) atoms. The van der Waals surface area contributed by atoms with Gasteiger partial charge in [0.2, 0.25) is 0 Å². The van der Waals surface area contributed by atoms with Crippen LogP contribution < -0.4 is 14.8 Å². The van der Waals surface area contributed by atoms with Gasteiger partial charge in [-0.2, -0.15) is 0 Å². The van der Waals surface area contributed by atoms with Crippen molar-refractivity contribution < 1.29 is 9.47 Å². The summed E-state index contributed by atoms with van der Waals surface area (Å²) in [6, 6.07) is 19.2. The molecule has 0 bridgehead atoms. The highest BCUT2D eigenvalue weighted by Gasteiger charge is 2.09. The maximum atomic E-state index is 6.23. The standard InChI is InChI=1S/C24H24Cl3NO2.ClH/c1-2-29-24-13-17(15-28-12-11-18-8-9-20(25)14-22(18)27)7-10-23(24)30-16-19-5-3-4-6-21(19)26;/h3-10,13-14,28H,2,11-12,15-16H2,1H3;1H. The van der Waals surface area contributed by atoms with Crippen molar-refractivity contribution in [2.75, 3.05) is 13.2 Å². The van der Waals surface area contributed by atoms with Crippen LogP contribution in [-0.2, 0) is 19.6 Å². The van der Waals surface area contributed by atoms with Crippen LogP contribution in [0.2, 0.25) is 15.1 Å². The van der Waals surface area contributed by atoms with Crippen LogP contribution >= 0.6 is 47.2 Å². The van der Waals surface area contributed by atoms with Gasteiger partial charge in [0.05, 0.1) is 6.61 Å². The normalized spacial score (nSPS) is 10.5. The first-order valence-electron chi connectivity index (χ1n) is 9.83. The number of hydrogen-bond acceptors (Lipinski definition) is 3. The van der Waals surface area contributed by atoms with Crippen molar-refractivity contribution in [2.45, 2.75) is 26.5 Å². The minimum atomic E-state index is 0. The highest BCUT2D eigenvalue weighted by molar-refractivity contribution is 6.35. The van der Waals surface area contributed by atoms with Crippen LogP contribution in [0.25, 0.3) is 0 Å². The highest BCUT2D eigenvalue weighted by Crippen LogP contribution is 2.30. The minimum absolute atomic E-state index is 0. The first-order chi connectivity index (χ1) is 14.6. The molecule has 0 aliphatic rings. The average Bonchev–Trinajstić information content (AvgIpc) is 2.73. The zero-order chi connectivity index (χ0) is 21.3. The van der Waals surface area contributed by atoms with E-state index >= 15 is 0 Å². The van der Waals surface area contributed by atoms with E-state index in [2.05, 4.69) is 5.32 Å². The van der Waals surface area contributed by atoms with E-state index in [4.69, 9.17) is 44.3 Å². The van der Waals surface area contributed by atoms with Gasteiger partial charge in [0.1, 0.15) is 6.61 Å². The molecule has 3 aromatic carbocycles. The van der Waals surface area contributed by atoms with Crippen molar-refractivity contribution in [3.05, 3.63) is 92.4 Å². The zero-order valence-electron chi connectivity index (χ0n) is 17.2. The molecule has 0 amide bonds. The largest absolute Gasteiger partial charge is 0.490 e. The first kappa shape index (κ1) is 25.6. The van der Waals surface area contributed by atoms with Crippen LogP contribution in [0, 0.1) is 0 Å². The van der Waals surface area contributed by atoms with Gasteiger partial charge in [-0.1, -0.05) is 65.1 Å². The van der Waals surface area contributed by atoms with E-state index in [0.717, 1.165) is 42.0 Å².